The van der Waals surface area contributed by atoms with E-state index in [1.165, 1.54) is 0 Å². The number of carbonyl (C=O) groups excluding carboxylic acids is 1. The van der Waals surface area contributed by atoms with E-state index in [1.54, 1.807) is 7.11 Å². The first-order valence-corrected chi connectivity index (χ1v) is 8.55. The predicted octanol–water partition coefficient (Wildman–Crippen LogP) is 2.04. The van der Waals surface area contributed by atoms with Gasteiger partial charge < -0.3 is 24.8 Å². The summed E-state index contributed by atoms with van der Waals surface area (Å²) in [6.07, 6.45) is 1.36. The molecule has 0 saturated carbocycles. The summed E-state index contributed by atoms with van der Waals surface area (Å²) in [6.45, 7) is 6.76. The summed E-state index contributed by atoms with van der Waals surface area (Å²) in [5, 5.41) is 6.31. The molecule has 2 atom stereocenters. The lowest BCUT2D eigenvalue weighted by molar-refractivity contribution is -0.122. The van der Waals surface area contributed by atoms with Gasteiger partial charge in [-0.05, 0) is 31.0 Å². The first kappa shape index (κ1) is 18.5. The second kappa shape index (κ2) is 9.49. The Hall–Kier alpha value is -1.79. The molecule has 1 aromatic carbocycles. The van der Waals surface area contributed by atoms with Crippen molar-refractivity contribution < 1.29 is 19.0 Å². The zero-order chi connectivity index (χ0) is 17.4. The number of morpholine rings is 1. The molecule has 6 heteroatoms. The molecule has 24 heavy (non-hydrogen) atoms. The molecule has 0 aromatic heterocycles. The molecule has 1 aliphatic rings. The maximum atomic E-state index is 12.2. The molecule has 1 heterocycles. The highest BCUT2D eigenvalue weighted by molar-refractivity contribution is 5.77. The quantitative estimate of drug-likeness (QED) is 0.760. The van der Waals surface area contributed by atoms with Crippen molar-refractivity contribution in [2.45, 2.75) is 38.8 Å². The van der Waals surface area contributed by atoms with Crippen molar-refractivity contribution in [3.63, 3.8) is 0 Å². The summed E-state index contributed by atoms with van der Waals surface area (Å²) in [5.74, 6) is 1.42. The van der Waals surface area contributed by atoms with E-state index in [1.807, 2.05) is 25.1 Å². The van der Waals surface area contributed by atoms with E-state index >= 15 is 0 Å². The van der Waals surface area contributed by atoms with E-state index in [4.69, 9.17) is 14.2 Å². The van der Waals surface area contributed by atoms with Crippen LogP contribution in [0.4, 0.5) is 0 Å². The summed E-state index contributed by atoms with van der Waals surface area (Å²) < 4.78 is 16.4. The number of nitrogens with one attached hydrogen (secondary N) is 2. The highest BCUT2D eigenvalue weighted by atomic mass is 16.5. The molecule has 0 bridgehead atoms. The van der Waals surface area contributed by atoms with E-state index < -0.39 is 0 Å². The number of ether oxygens (including phenoxy) is 3. The van der Waals surface area contributed by atoms with Gasteiger partial charge >= 0.3 is 0 Å². The molecule has 2 unspecified atom stereocenters. The molecule has 1 amide bonds. The van der Waals surface area contributed by atoms with E-state index in [0.717, 1.165) is 24.3 Å². The van der Waals surface area contributed by atoms with Crippen LogP contribution < -0.4 is 20.1 Å². The van der Waals surface area contributed by atoms with Crippen molar-refractivity contribution >= 4 is 5.91 Å². The molecular weight excluding hydrogens is 308 g/mol. The standard InChI is InChI=1S/C18H28N2O4/c1-4-8-24-16-6-5-14(10-17(16)22-3)13(2)20-18(21)11-15-12-23-9-7-19-15/h5-6,10,13,15,19H,4,7-9,11-12H2,1-3H3,(H,20,21). The number of hydrogen-bond donors (Lipinski definition) is 2. The maximum Gasteiger partial charge on any atom is 0.222 e. The lowest BCUT2D eigenvalue weighted by Crippen LogP contribution is -2.44. The third-order valence-electron chi connectivity index (χ3n) is 3.96. The fourth-order valence-electron chi connectivity index (χ4n) is 2.64. The van der Waals surface area contributed by atoms with Crippen LogP contribution in [0.25, 0.3) is 0 Å². The summed E-state index contributed by atoms with van der Waals surface area (Å²) >= 11 is 0. The highest BCUT2D eigenvalue weighted by Crippen LogP contribution is 2.30. The van der Waals surface area contributed by atoms with E-state index in [2.05, 4.69) is 17.6 Å². The highest BCUT2D eigenvalue weighted by Gasteiger charge is 2.19. The minimum Gasteiger partial charge on any atom is -0.493 e. The second-order valence-electron chi connectivity index (χ2n) is 5.98. The van der Waals surface area contributed by atoms with Gasteiger partial charge in [-0.3, -0.25) is 4.79 Å². The number of carbonyl (C=O) groups is 1. The van der Waals surface area contributed by atoms with E-state index in [9.17, 15) is 4.79 Å². The molecule has 0 spiro atoms. The number of hydrogen-bond acceptors (Lipinski definition) is 5. The first-order chi connectivity index (χ1) is 11.6. The van der Waals surface area contributed by atoms with Crippen LogP contribution in [-0.2, 0) is 9.53 Å². The molecule has 0 radical (unpaired) electrons. The zero-order valence-corrected chi connectivity index (χ0v) is 14.8. The van der Waals surface area contributed by atoms with Crippen LogP contribution >= 0.6 is 0 Å². The molecule has 6 nitrogen and oxygen atoms in total. The van der Waals surface area contributed by atoms with Gasteiger partial charge in [0.25, 0.3) is 0 Å². The van der Waals surface area contributed by atoms with Crippen molar-refractivity contribution in [1.82, 2.24) is 10.6 Å². The summed E-state index contributed by atoms with van der Waals surface area (Å²) in [6, 6.07) is 5.75. The summed E-state index contributed by atoms with van der Waals surface area (Å²) in [4.78, 5) is 12.2. The SMILES string of the molecule is CCCOc1ccc(C(C)NC(=O)CC2COCCN2)cc1OC. The van der Waals surface area contributed by atoms with Crippen LogP contribution in [-0.4, -0.2) is 45.4 Å². The molecular formula is C18H28N2O4. The van der Waals surface area contributed by atoms with Gasteiger partial charge in [-0.25, -0.2) is 0 Å². The average Bonchev–Trinajstić information content (AvgIpc) is 2.60. The Morgan fingerprint density at radius 3 is 2.96 bits per heavy atom. The van der Waals surface area contributed by atoms with Gasteiger partial charge in [0.1, 0.15) is 0 Å². The zero-order valence-electron chi connectivity index (χ0n) is 14.8. The van der Waals surface area contributed by atoms with E-state index in [0.29, 0.717) is 32.0 Å². The predicted molar refractivity (Wildman–Crippen MR) is 92.6 cm³/mol. The smallest absolute Gasteiger partial charge is 0.222 e. The average molecular weight is 336 g/mol. The monoisotopic (exact) mass is 336 g/mol. The lowest BCUT2D eigenvalue weighted by atomic mass is 10.1. The van der Waals surface area contributed by atoms with Crippen LogP contribution in [0.2, 0.25) is 0 Å². The Morgan fingerprint density at radius 1 is 1.46 bits per heavy atom. The lowest BCUT2D eigenvalue weighted by Gasteiger charge is -2.24. The number of amides is 1. The van der Waals surface area contributed by atoms with Crippen LogP contribution in [0, 0.1) is 0 Å². The minimum atomic E-state index is -0.101. The Kier molecular flexibility index (Phi) is 7.34. The van der Waals surface area contributed by atoms with Crippen LogP contribution in [0.15, 0.2) is 18.2 Å². The van der Waals surface area contributed by atoms with Gasteiger partial charge in [0, 0.05) is 19.0 Å². The fraction of sp³-hybridized carbons (Fsp3) is 0.611. The van der Waals surface area contributed by atoms with Crippen LogP contribution in [0.1, 0.15) is 38.3 Å². The minimum absolute atomic E-state index is 0.00998. The van der Waals surface area contributed by atoms with Gasteiger partial charge in [-0.1, -0.05) is 13.0 Å². The second-order valence-corrected chi connectivity index (χ2v) is 5.98. The first-order valence-electron chi connectivity index (χ1n) is 8.55. The van der Waals surface area contributed by atoms with Crippen molar-refractivity contribution in [1.29, 1.82) is 0 Å². The Balaban J connectivity index is 1.93. The van der Waals surface area contributed by atoms with Gasteiger partial charge in [0.05, 0.1) is 33.0 Å². The molecule has 1 aliphatic heterocycles. The number of methoxy groups -OCH3 is 1. The topological polar surface area (TPSA) is 68.8 Å². The summed E-state index contributed by atoms with van der Waals surface area (Å²) in [7, 11) is 1.62. The van der Waals surface area contributed by atoms with Crippen LogP contribution in [0.3, 0.4) is 0 Å². The normalized spacial score (nSPS) is 18.7. The third kappa shape index (κ3) is 5.39. The molecule has 0 aliphatic carbocycles. The summed E-state index contributed by atoms with van der Waals surface area (Å²) in [5.41, 5.74) is 0.983. The maximum absolute atomic E-state index is 12.2. The van der Waals surface area contributed by atoms with Crippen molar-refractivity contribution in [2.75, 3.05) is 33.5 Å². The molecule has 2 N–H and O–H groups in total. The van der Waals surface area contributed by atoms with Gasteiger partial charge in [0.15, 0.2) is 11.5 Å². The Morgan fingerprint density at radius 2 is 2.29 bits per heavy atom. The molecule has 134 valence electrons. The van der Waals surface area contributed by atoms with Crippen molar-refractivity contribution in [2.24, 2.45) is 0 Å². The van der Waals surface area contributed by atoms with Crippen LogP contribution in [0.5, 0.6) is 11.5 Å². The van der Waals surface area contributed by atoms with Gasteiger partial charge in [-0.2, -0.15) is 0 Å². The molecule has 1 aromatic rings. The molecule has 1 fully saturated rings. The largest absolute Gasteiger partial charge is 0.493 e. The van der Waals surface area contributed by atoms with Crippen molar-refractivity contribution in [3.8, 4) is 11.5 Å². The van der Waals surface area contributed by atoms with Gasteiger partial charge in [-0.15, -0.1) is 0 Å². The Labute approximate surface area is 143 Å². The number of benzene rings is 1. The van der Waals surface area contributed by atoms with Gasteiger partial charge in [0.2, 0.25) is 5.91 Å². The number of rotatable bonds is 8. The van der Waals surface area contributed by atoms with E-state index in [-0.39, 0.29) is 18.0 Å². The third-order valence-corrected chi connectivity index (χ3v) is 3.96. The van der Waals surface area contributed by atoms with Crippen molar-refractivity contribution in [3.05, 3.63) is 23.8 Å². The Bertz CT molecular complexity index is 530. The molecule has 1 saturated heterocycles. The molecule has 2 rings (SSSR count). The fourth-order valence-corrected chi connectivity index (χ4v) is 2.64.